The van der Waals surface area contributed by atoms with Gasteiger partial charge in [-0.1, -0.05) is 6.42 Å². The number of nitrogens with one attached hydrogen (secondary N) is 1. The summed E-state index contributed by atoms with van der Waals surface area (Å²) in [6, 6.07) is 0.608. The number of nitrogens with zero attached hydrogens (tertiary/aromatic N) is 1. The molecule has 0 aromatic heterocycles. The van der Waals surface area contributed by atoms with Crippen LogP contribution >= 0.6 is 0 Å². The topological polar surface area (TPSA) is 41.6 Å². The van der Waals surface area contributed by atoms with Gasteiger partial charge < -0.3 is 15.0 Å². The monoisotopic (exact) mass is 298 g/mol. The Kier molecular flexibility index (Phi) is 9.68. The minimum absolute atomic E-state index is 0.0495. The predicted molar refractivity (Wildman–Crippen MR) is 87.4 cm³/mol. The van der Waals surface area contributed by atoms with Crippen molar-refractivity contribution in [1.82, 2.24) is 10.2 Å². The van der Waals surface area contributed by atoms with E-state index in [0.29, 0.717) is 19.1 Å². The first-order valence-corrected chi connectivity index (χ1v) is 8.73. The molecule has 1 N–H and O–H groups in total. The number of unbranched alkanes of at least 4 members (excludes halogenated alkanes) is 2. The third kappa shape index (κ3) is 8.42. The second kappa shape index (κ2) is 11.0. The van der Waals surface area contributed by atoms with Gasteiger partial charge in [0, 0.05) is 19.0 Å². The van der Waals surface area contributed by atoms with Gasteiger partial charge in [0.05, 0.1) is 6.61 Å². The molecule has 1 unspecified atom stereocenters. The summed E-state index contributed by atoms with van der Waals surface area (Å²) in [5.41, 5.74) is 0. The summed E-state index contributed by atoms with van der Waals surface area (Å²) >= 11 is 0. The number of esters is 1. The van der Waals surface area contributed by atoms with E-state index in [2.05, 4.69) is 24.1 Å². The highest BCUT2D eigenvalue weighted by molar-refractivity contribution is 5.69. The van der Waals surface area contributed by atoms with Gasteiger partial charge in [0.2, 0.25) is 0 Å². The van der Waals surface area contributed by atoms with Gasteiger partial charge in [-0.25, -0.2) is 0 Å². The molecule has 0 amide bonds. The predicted octanol–water partition coefficient (Wildman–Crippen LogP) is 2.82. The van der Waals surface area contributed by atoms with Crippen LogP contribution in [0.4, 0.5) is 0 Å². The van der Waals surface area contributed by atoms with Crippen LogP contribution in [-0.4, -0.2) is 49.7 Å². The van der Waals surface area contributed by atoms with Crippen molar-refractivity contribution in [2.75, 3.05) is 32.8 Å². The number of hydrogen-bond donors (Lipinski definition) is 1. The average molecular weight is 298 g/mol. The van der Waals surface area contributed by atoms with E-state index in [1.165, 1.54) is 38.9 Å². The van der Waals surface area contributed by atoms with Gasteiger partial charge in [-0.3, -0.25) is 4.79 Å². The van der Waals surface area contributed by atoms with Crippen LogP contribution in [0.1, 0.15) is 59.3 Å². The van der Waals surface area contributed by atoms with E-state index in [1.807, 2.05) is 6.92 Å². The molecule has 0 radical (unpaired) electrons. The van der Waals surface area contributed by atoms with Crippen molar-refractivity contribution in [2.45, 2.75) is 65.3 Å². The molecule has 1 rings (SSSR count). The molecule has 0 bridgehead atoms. The maximum atomic E-state index is 11.3. The third-order valence-electron chi connectivity index (χ3n) is 4.25. The Labute approximate surface area is 130 Å². The fraction of sp³-hybridized carbons (Fsp3) is 0.941. The van der Waals surface area contributed by atoms with Crippen LogP contribution in [0.3, 0.4) is 0 Å². The SMILES string of the molecule is CCOC(=O)CCCCCN(CC1CCCNC1)C(C)C. The van der Waals surface area contributed by atoms with Crippen molar-refractivity contribution in [3.63, 3.8) is 0 Å². The quantitative estimate of drug-likeness (QED) is 0.497. The lowest BCUT2D eigenvalue weighted by Crippen LogP contribution is -2.41. The molecule has 0 aromatic carbocycles. The first-order chi connectivity index (χ1) is 10.1. The van der Waals surface area contributed by atoms with Crippen molar-refractivity contribution in [3.05, 3.63) is 0 Å². The molecule has 21 heavy (non-hydrogen) atoms. The Morgan fingerprint density at radius 1 is 1.33 bits per heavy atom. The van der Waals surface area contributed by atoms with E-state index in [0.717, 1.165) is 25.3 Å². The highest BCUT2D eigenvalue weighted by atomic mass is 16.5. The van der Waals surface area contributed by atoms with Crippen LogP contribution in [0.25, 0.3) is 0 Å². The van der Waals surface area contributed by atoms with Gasteiger partial charge in [-0.05, 0) is 72.0 Å². The Hall–Kier alpha value is -0.610. The lowest BCUT2D eigenvalue weighted by molar-refractivity contribution is -0.143. The lowest BCUT2D eigenvalue weighted by Gasteiger charge is -2.32. The molecule has 0 saturated carbocycles. The van der Waals surface area contributed by atoms with E-state index >= 15 is 0 Å². The second-order valence-electron chi connectivity index (χ2n) is 6.42. The lowest BCUT2D eigenvalue weighted by atomic mass is 9.98. The number of hydrogen-bond acceptors (Lipinski definition) is 4. The normalized spacial score (nSPS) is 19.2. The van der Waals surface area contributed by atoms with Crippen molar-refractivity contribution in [2.24, 2.45) is 5.92 Å². The number of carbonyl (C=O) groups excluding carboxylic acids is 1. The second-order valence-corrected chi connectivity index (χ2v) is 6.42. The van der Waals surface area contributed by atoms with E-state index < -0.39 is 0 Å². The van der Waals surface area contributed by atoms with E-state index in [9.17, 15) is 4.79 Å². The number of ether oxygens (including phenoxy) is 1. The summed E-state index contributed by atoms with van der Waals surface area (Å²) in [5.74, 6) is 0.757. The van der Waals surface area contributed by atoms with E-state index in [1.54, 1.807) is 0 Å². The summed E-state index contributed by atoms with van der Waals surface area (Å²) in [7, 11) is 0. The Balaban J connectivity index is 2.14. The van der Waals surface area contributed by atoms with Crippen LogP contribution in [0.2, 0.25) is 0 Å². The zero-order valence-electron chi connectivity index (χ0n) is 14.2. The molecular formula is C17H34N2O2. The van der Waals surface area contributed by atoms with Crippen molar-refractivity contribution < 1.29 is 9.53 Å². The zero-order chi connectivity index (χ0) is 15.5. The van der Waals surface area contributed by atoms with Gasteiger partial charge in [0.15, 0.2) is 0 Å². The van der Waals surface area contributed by atoms with E-state index in [-0.39, 0.29) is 5.97 Å². The highest BCUT2D eigenvalue weighted by Crippen LogP contribution is 2.14. The van der Waals surface area contributed by atoms with E-state index in [4.69, 9.17) is 4.74 Å². The molecule has 4 heteroatoms. The molecule has 0 aromatic rings. The number of rotatable bonds is 10. The van der Waals surface area contributed by atoms with Crippen molar-refractivity contribution in [1.29, 1.82) is 0 Å². The van der Waals surface area contributed by atoms with Gasteiger partial charge in [0.25, 0.3) is 0 Å². The molecule has 0 spiro atoms. The summed E-state index contributed by atoms with van der Waals surface area (Å²) in [6.07, 6.45) is 6.50. The first kappa shape index (κ1) is 18.4. The smallest absolute Gasteiger partial charge is 0.305 e. The third-order valence-corrected chi connectivity index (χ3v) is 4.25. The van der Waals surface area contributed by atoms with Crippen LogP contribution in [0.15, 0.2) is 0 Å². The first-order valence-electron chi connectivity index (χ1n) is 8.73. The molecule has 1 aliphatic heterocycles. The molecule has 1 heterocycles. The largest absolute Gasteiger partial charge is 0.466 e. The van der Waals surface area contributed by atoms with Gasteiger partial charge in [0.1, 0.15) is 0 Å². The van der Waals surface area contributed by atoms with Gasteiger partial charge >= 0.3 is 5.97 Å². The summed E-state index contributed by atoms with van der Waals surface area (Å²) in [6.45, 7) is 11.6. The van der Waals surface area contributed by atoms with Gasteiger partial charge in [-0.2, -0.15) is 0 Å². The Morgan fingerprint density at radius 3 is 2.76 bits per heavy atom. The maximum absolute atomic E-state index is 11.3. The van der Waals surface area contributed by atoms with Crippen LogP contribution < -0.4 is 5.32 Å². The Bertz CT molecular complexity index is 276. The van der Waals surface area contributed by atoms with Crippen LogP contribution in [-0.2, 0) is 9.53 Å². The molecule has 0 aliphatic carbocycles. The van der Waals surface area contributed by atoms with Crippen LogP contribution in [0.5, 0.6) is 0 Å². The van der Waals surface area contributed by atoms with Crippen LogP contribution in [0, 0.1) is 5.92 Å². The van der Waals surface area contributed by atoms with Crippen molar-refractivity contribution >= 4 is 5.97 Å². The van der Waals surface area contributed by atoms with Gasteiger partial charge in [-0.15, -0.1) is 0 Å². The highest BCUT2D eigenvalue weighted by Gasteiger charge is 2.18. The molecule has 1 aliphatic rings. The fourth-order valence-corrected chi connectivity index (χ4v) is 2.97. The van der Waals surface area contributed by atoms with Crippen molar-refractivity contribution in [3.8, 4) is 0 Å². The number of carbonyl (C=O) groups is 1. The zero-order valence-corrected chi connectivity index (χ0v) is 14.2. The summed E-state index contributed by atoms with van der Waals surface area (Å²) < 4.78 is 4.95. The number of piperidine rings is 1. The summed E-state index contributed by atoms with van der Waals surface area (Å²) in [5, 5.41) is 3.50. The fourth-order valence-electron chi connectivity index (χ4n) is 2.97. The molecule has 1 saturated heterocycles. The summed E-state index contributed by atoms with van der Waals surface area (Å²) in [4.78, 5) is 13.9. The molecule has 124 valence electrons. The average Bonchev–Trinajstić information content (AvgIpc) is 2.47. The minimum Gasteiger partial charge on any atom is -0.466 e. The molecule has 1 fully saturated rings. The molecule has 4 nitrogen and oxygen atoms in total. The molecule has 1 atom stereocenters. The maximum Gasteiger partial charge on any atom is 0.305 e. The Morgan fingerprint density at radius 2 is 2.14 bits per heavy atom. The molecular weight excluding hydrogens is 264 g/mol. The standard InChI is InChI=1S/C17H34N2O2/c1-4-21-17(20)10-6-5-7-12-19(15(2)3)14-16-9-8-11-18-13-16/h15-16,18H,4-14H2,1-3H3. The minimum atomic E-state index is -0.0495.